The number of hydrogen-bond acceptors (Lipinski definition) is 5. The molecule has 1 saturated heterocycles. The third-order valence-corrected chi connectivity index (χ3v) is 4.78. The van der Waals surface area contributed by atoms with E-state index in [1.807, 2.05) is 7.05 Å². The zero-order valence-electron chi connectivity index (χ0n) is 13.6. The van der Waals surface area contributed by atoms with Gasteiger partial charge in [-0.2, -0.15) is 0 Å². The number of hydrogen-bond donors (Lipinski definition) is 3. The van der Waals surface area contributed by atoms with Crippen molar-refractivity contribution in [2.45, 2.75) is 24.6 Å². The molecule has 0 spiro atoms. The first-order valence-electron chi connectivity index (χ1n) is 8.00. The second-order valence-corrected chi connectivity index (χ2v) is 6.28. The Kier molecular flexibility index (Phi) is 4.93. The van der Waals surface area contributed by atoms with Gasteiger partial charge in [0.1, 0.15) is 17.7 Å². The van der Waals surface area contributed by atoms with Crippen LogP contribution in [-0.4, -0.2) is 49.9 Å². The van der Waals surface area contributed by atoms with E-state index in [4.69, 9.17) is 15.9 Å². The van der Waals surface area contributed by atoms with Gasteiger partial charge in [0.05, 0.1) is 6.61 Å². The van der Waals surface area contributed by atoms with Crippen molar-refractivity contribution in [3.8, 4) is 0 Å². The molecule has 0 saturated carbocycles. The van der Waals surface area contributed by atoms with E-state index in [0.717, 1.165) is 29.5 Å². The Labute approximate surface area is 140 Å². The first-order chi connectivity index (χ1) is 11.5. The van der Waals surface area contributed by atoms with Gasteiger partial charge in [0.25, 0.3) is 0 Å². The summed E-state index contributed by atoms with van der Waals surface area (Å²) in [6, 6.07) is 3.02. The molecule has 0 radical (unpaired) electrons. The Morgan fingerprint density at radius 1 is 1.38 bits per heavy atom. The van der Waals surface area contributed by atoms with Gasteiger partial charge in [0, 0.05) is 55.3 Å². The summed E-state index contributed by atoms with van der Waals surface area (Å²) in [5.74, 6) is -0.996. The lowest BCUT2D eigenvalue weighted by molar-refractivity contribution is -0.0464. The number of benzene rings is 1. The molecular formula is C17H22F2N4O. The second-order valence-electron chi connectivity index (χ2n) is 6.28. The molecule has 0 aliphatic carbocycles. The molecule has 0 bridgehead atoms. The van der Waals surface area contributed by atoms with Crippen LogP contribution in [0.1, 0.15) is 18.1 Å². The Bertz CT molecular complexity index is 664. The number of nitrogens with zero attached hydrogens (tertiary/aromatic N) is 1. The molecule has 1 fully saturated rings. The average molecular weight is 336 g/mol. The summed E-state index contributed by atoms with van der Waals surface area (Å²) < 4.78 is 33.2. The van der Waals surface area contributed by atoms with Gasteiger partial charge in [-0.25, -0.2) is 8.78 Å². The van der Waals surface area contributed by atoms with Crippen LogP contribution in [0, 0.1) is 17.0 Å². The molecule has 1 aromatic rings. The monoisotopic (exact) mass is 336 g/mol. The summed E-state index contributed by atoms with van der Waals surface area (Å²) in [6.07, 6.45) is 1.35. The van der Waals surface area contributed by atoms with E-state index in [1.165, 1.54) is 6.21 Å². The molecule has 0 unspecified atom stereocenters. The maximum absolute atomic E-state index is 14.0. The summed E-state index contributed by atoms with van der Waals surface area (Å²) in [4.78, 5) is 2.20. The molecule has 130 valence electrons. The number of likely N-dealkylation sites (N-methyl/N-ethyl adjacent to an activating group) is 1. The molecule has 7 heteroatoms. The van der Waals surface area contributed by atoms with Crippen LogP contribution in [0.3, 0.4) is 0 Å². The van der Waals surface area contributed by atoms with Crippen LogP contribution in [0.4, 0.5) is 8.78 Å². The Morgan fingerprint density at radius 2 is 2.17 bits per heavy atom. The van der Waals surface area contributed by atoms with Gasteiger partial charge in [0.15, 0.2) is 0 Å². The van der Waals surface area contributed by atoms with Gasteiger partial charge in [-0.05, 0) is 24.6 Å². The minimum atomic E-state index is -0.640. The highest BCUT2D eigenvalue weighted by atomic mass is 19.1. The van der Waals surface area contributed by atoms with Crippen molar-refractivity contribution in [3.63, 3.8) is 0 Å². The van der Waals surface area contributed by atoms with Crippen molar-refractivity contribution in [2.24, 2.45) is 5.73 Å². The summed E-state index contributed by atoms with van der Waals surface area (Å²) in [5.41, 5.74) is 8.36. The van der Waals surface area contributed by atoms with E-state index < -0.39 is 23.8 Å². The average Bonchev–Trinajstić information content (AvgIpc) is 3.00. The number of ether oxygens (including phenoxy) is 1. The van der Waals surface area contributed by atoms with Crippen molar-refractivity contribution in [1.29, 1.82) is 5.41 Å². The molecule has 2 aliphatic heterocycles. The lowest BCUT2D eigenvalue weighted by Crippen LogP contribution is -2.49. The predicted molar refractivity (Wildman–Crippen MR) is 87.9 cm³/mol. The minimum absolute atomic E-state index is 0.0914. The predicted octanol–water partition coefficient (Wildman–Crippen LogP) is 1.56. The Morgan fingerprint density at radius 3 is 2.79 bits per heavy atom. The first kappa shape index (κ1) is 17.0. The topological polar surface area (TPSA) is 74.4 Å². The summed E-state index contributed by atoms with van der Waals surface area (Å²) in [6.45, 7) is 1.77. The van der Waals surface area contributed by atoms with Crippen LogP contribution in [-0.2, 0) is 4.74 Å². The molecule has 2 aliphatic rings. The molecule has 3 atom stereocenters. The van der Waals surface area contributed by atoms with Crippen molar-refractivity contribution < 1.29 is 13.5 Å². The normalized spacial score (nSPS) is 28.2. The van der Waals surface area contributed by atoms with Gasteiger partial charge < -0.3 is 21.2 Å². The Balaban J connectivity index is 1.68. The largest absolute Gasteiger partial charge is 0.390 e. The molecule has 0 amide bonds. The van der Waals surface area contributed by atoms with E-state index in [0.29, 0.717) is 26.1 Å². The summed E-state index contributed by atoms with van der Waals surface area (Å²) in [5, 5.41) is 10.6. The molecule has 1 aromatic carbocycles. The molecule has 2 heterocycles. The van der Waals surface area contributed by atoms with E-state index in [9.17, 15) is 8.78 Å². The number of nitrogens with two attached hydrogens (primary N) is 1. The number of nitrogens with one attached hydrogen (secondary N) is 2. The smallest absolute Gasteiger partial charge is 0.129 e. The van der Waals surface area contributed by atoms with Gasteiger partial charge >= 0.3 is 0 Å². The lowest BCUT2D eigenvalue weighted by Gasteiger charge is -2.38. The van der Waals surface area contributed by atoms with E-state index in [2.05, 4.69) is 10.2 Å². The number of halogens is 2. The minimum Gasteiger partial charge on any atom is -0.390 e. The van der Waals surface area contributed by atoms with E-state index >= 15 is 0 Å². The fourth-order valence-corrected chi connectivity index (χ4v) is 3.46. The first-order valence-corrected chi connectivity index (χ1v) is 8.00. The van der Waals surface area contributed by atoms with Crippen molar-refractivity contribution in [3.05, 3.63) is 46.7 Å². The molecule has 4 N–H and O–H groups in total. The third-order valence-electron chi connectivity index (χ3n) is 4.78. The van der Waals surface area contributed by atoms with Gasteiger partial charge in [0.2, 0.25) is 0 Å². The molecule has 24 heavy (non-hydrogen) atoms. The van der Waals surface area contributed by atoms with Crippen molar-refractivity contribution in [1.82, 2.24) is 10.2 Å². The van der Waals surface area contributed by atoms with Crippen LogP contribution in [0.15, 0.2) is 29.5 Å². The third kappa shape index (κ3) is 3.19. The molecule has 5 nitrogen and oxygen atoms in total. The summed E-state index contributed by atoms with van der Waals surface area (Å²) in [7, 11) is 1.84. The van der Waals surface area contributed by atoms with Crippen LogP contribution in [0.2, 0.25) is 0 Å². The van der Waals surface area contributed by atoms with Gasteiger partial charge in [-0.3, -0.25) is 4.90 Å². The van der Waals surface area contributed by atoms with Crippen LogP contribution in [0.25, 0.3) is 0 Å². The maximum Gasteiger partial charge on any atom is 0.129 e. The molecular weight excluding hydrogens is 314 g/mol. The van der Waals surface area contributed by atoms with Crippen molar-refractivity contribution >= 4 is 6.21 Å². The molecule has 0 aromatic heterocycles. The highest BCUT2D eigenvalue weighted by molar-refractivity contribution is 5.78. The van der Waals surface area contributed by atoms with E-state index in [1.54, 1.807) is 0 Å². The fraction of sp³-hybridized carbons (Fsp3) is 0.471. The molecule has 3 rings (SSSR count). The van der Waals surface area contributed by atoms with Crippen molar-refractivity contribution in [2.75, 3.05) is 26.7 Å². The summed E-state index contributed by atoms with van der Waals surface area (Å²) >= 11 is 0. The van der Waals surface area contributed by atoms with Gasteiger partial charge in [-0.1, -0.05) is 0 Å². The highest BCUT2D eigenvalue weighted by Crippen LogP contribution is 2.32. The quantitative estimate of drug-likeness (QED) is 0.730. The standard InChI is InChI=1S/C17H22F2N4O/c1-22-16-8-23(7-10(16)6-20)12-5-15(21)17(24-9-12)13-4-11(18)2-3-14(13)19/h2-4,6,12,15,17,20,22H,5,7-9,21H2,1H3/t12-,15+,17-/m1/s1. The van der Waals surface area contributed by atoms with Gasteiger partial charge in [-0.15, -0.1) is 0 Å². The zero-order valence-corrected chi connectivity index (χ0v) is 13.6. The van der Waals surface area contributed by atoms with Crippen LogP contribution >= 0.6 is 0 Å². The lowest BCUT2D eigenvalue weighted by atomic mass is 9.93. The highest BCUT2D eigenvalue weighted by Gasteiger charge is 2.36. The number of rotatable bonds is 4. The fourth-order valence-electron chi connectivity index (χ4n) is 3.46. The van der Waals surface area contributed by atoms with Crippen LogP contribution < -0.4 is 11.1 Å². The van der Waals surface area contributed by atoms with Crippen LogP contribution in [0.5, 0.6) is 0 Å². The Hall–Kier alpha value is -1.83. The maximum atomic E-state index is 14.0. The SMILES string of the molecule is CNC1=C(C=N)CN([C@H]2CO[C@H](c3cc(F)ccc3F)[C@@H](N)C2)C1. The zero-order chi connectivity index (χ0) is 17.3. The second kappa shape index (κ2) is 6.96. The van der Waals surface area contributed by atoms with E-state index in [-0.39, 0.29) is 11.6 Å².